The highest BCUT2D eigenvalue weighted by Crippen LogP contribution is 2.29. The van der Waals surface area contributed by atoms with Crippen LogP contribution < -0.4 is 21.7 Å². The highest BCUT2D eigenvalue weighted by molar-refractivity contribution is 5.98. The van der Waals surface area contributed by atoms with E-state index in [-0.39, 0.29) is 30.6 Å². The number of Topliss-reactive ketones (excluding diaryl/α,β-unsaturated/α-hetero) is 1. The first-order valence-electron chi connectivity index (χ1n) is 15.2. The van der Waals surface area contributed by atoms with Gasteiger partial charge in [-0.3, -0.25) is 19.2 Å². The molecule has 0 spiro atoms. The summed E-state index contributed by atoms with van der Waals surface area (Å²) in [6.07, 6.45) is 2.22. The van der Waals surface area contributed by atoms with Crippen LogP contribution >= 0.6 is 0 Å². The van der Waals surface area contributed by atoms with Crippen molar-refractivity contribution in [3.63, 3.8) is 0 Å². The summed E-state index contributed by atoms with van der Waals surface area (Å²) in [5.41, 5.74) is 6.80. The van der Waals surface area contributed by atoms with Crippen LogP contribution in [0.25, 0.3) is 0 Å². The number of rotatable bonds is 15. The Balaban J connectivity index is 0.000000694. The van der Waals surface area contributed by atoms with Crippen LogP contribution in [0, 0.1) is 11.8 Å². The van der Waals surface area contributed by atoms with Crippen LogP contribution in [-0.2, 0) is 36.8 Å². The van der Waals surface area contributed by atoms with Crippen LogP contribution in [0.2, 0.25) is 0 Å². The minimum Gasteiger partial charge on any atom is -0.361 e. The number of carbonyl (C=O) groups is 4. The number of aryl methyl sites for hydroxylation is 1. The summed E-state index contributed by atoms with van der Waals surface area (Å²) in [6.45, 7) is 11.8. The van der Waals surface area contributed by atoms with Gasteiger partial charge in [0.25, 0.3) is 0 Å². The Labute approximate surface area is 256 Å². The molecule has 0 bridgehead atoms. The van der Waals surface area contributed by atoms with Crippen molar-refractivity contribution in [3.8, 4) is 0 Å². The summed E-state index contributed by atoms with van der Waals surface area (Å²) >= 11 is 0. The van der Waals surface area contributed by atoms with E-state index >= 15 is 0 Å². The van der Waals surface area contributed by atoms with Gasteiger partial charge in [-0.05, 0) is 49.1 Å². The maximum atomic E-state index is 13.4. The molecule has 2 aromatic rings. The van der Waals surface area contributed by atoms with E-state index in [0.717, 1.165) is 12.0 Å². The molecule has 1 aliphatic heterocycles. The number of hydrogen-bond donors (Lipinski definition) is 4. The topological polar surface area (TPSA) is 143 Å². The van der Waals surface area contributed by atoms with Crippen LogP contribution in [0.4, 0.5) is 0 Å². The van der Waals surface area contributed by atoms with E-state index in [2.05, 4.69) is 47.1 Å². The van der Waals surface area contributed by atoms with E-state index in [1.54, 1.807) is 6.92 Å². The average Bonchev–Trinajstić information content (AvgIpc) is 3.74. The molecule has 3 rings (SSSR count). The molecule has 3 unspecified atom stereocenters. The van der Waals surface area contributed by atoms with Crippen molar-refractivity contribution in [2.24, 2.45) is 17.6 Å². The third kappa shape index (κ3) is 12.7. The number of nitrogens with one attached hydrogen (secondary N) is 3. The maximum absolute atomic E-state index is 13.4. The van der Waals surface area contributed by atoms with Crippen molar-refractivity contribution >= 4 is 23.5 Å². The standard InChI is InChI=1S/C26H40N4O5.C8H10/c1-16(2)11-19(23(32)26(5)15-35-26)29-25(34)21(13-18-9-7-6-8-10-18)30-24(33)20(12-17(3)4)28-22(31)14-27;1-2-8-6-4-3-5-7-8/h6-10,16-17,19-21H,11-15,27H2,1-5H3,(H,28,31)(H,29,34)(H,30,33);3-7H,2H2,1H3/t19?,20?,21-,26?;/m0./s1. The summed E-state index contributed by atoms with van der Waals surface area (Å²) in [6, 6.07) is 17.3. The Hall–Kier alpha value is -3.56. The van der Waals surface area contributed by atoms with Crippen molar-refractivity contribution in [3.05, 3.63) is 71.8 Å². The zero-order valence-corrected chi connectivity index (χ0v) is 26.5. The van der Waals surface area contributed by atoms with Gasteiger partial charge in [0.15, 0.2) is 5.78 Å². The Kier molecular flexibility index (Phi) is 14.5. The molecule has 9 heteroatoms. The van der Waals surface area contributed by atoms with Gasteiger partial charge in [0.05, 0.1) is 19.2 Å². The van der Waals surface area contributed by atoms with E-state index in [0.29, 0.717) is 19.4 Å². The highest BCUT2D eigenvalue weighted by atomic mass is 16.6. The van der Waals surface area contributed by atoms with Crippen LogP contribution in [0.5, 0.6) is 0 Å². The lowest BCUT2D eigenvalue weighted by Crippen LogP contribution is -2.57. The smallest absolute Gasteiger partial charge is 0.243 e. The lowest BCUT2D eigenvalue weighted by atomic mass is 9.93. The Bertz CT molecular complexity index is 1170. The van der Waals surface area contributed by atoms with E-state index < -0.39 is 41.4 Å². The monoisotopic (exact) mass is 594 g/mol. The normalized spacial score (nSPS) is 17.6. The molecular formula is C34H50N4O5. The molecule has 0 radical (unpaired) electrons. The summed E-state index contributed by atoms with van der Waals surface area (Å²) in [4.78, 5) is 51.5. The molecule has 1 heterocycles. The van der Waals surface area contributed by atoms with Gasteiger partial charge in [0.2, 0.25) is 17.7 Å². The van der Waals surface area contributed by atoms with E-state index in [1.165, 1.54) is 5.56 Å². The van der Waals surface area contributed by atoms with Crippen molar-refractivity contribution in [1.82, 2.24) is 16.0 Å². The number of amides is 3. The molecule has 0 saturated carbocycles. The van der Waals surface area contributed by atoms with E-state index in [1.807, 2.05) is 64.1 Å². The first-order valence-corrected chi connectivity index (χ1v) is 15.2. The molecule has 1 saturated heterocycles. The first-order chi connectivity index (χ1) is 20.4. The summed E-state index contributed by atoms with van der Waals surface area (Å²) in [7, 11) is 0. The molecule has 1 fully saturated rings. The number of carbonyl (C=O) groups excluding carboxylic acids is 4. The molecule has 0 aromatic heterocycles. The van der Waals surface area contributed by atoms with Gasteiger partial charge < -0.3 is 26.4 Å². The average molecular weight is 595 g/mol. The molecule has 236 valence electrons. The number of epoxide rings is 1. The van der Waals surface area contributed by atoms with Crippen molar-refractivity contribution in [1.29, 1.82) is 0 Å². The van der Waals surface area contributed by atoms with Crippen molar-refractivity contribution in [2.45, 2.75) is 91.0 Å². The lowest BCUT2D eigenvalue weighted by Gasteiger charge is -2.27. The Morgan fingerprint density at radius 3 is 1.67 bits per heavy atom. The molecule has 1 aliphatic rings. The lowest BCUT2D eigenvalue weighted by molar-refractivity contribution is -0.134. The summed E-state index contributed by atoms with van der Waals surface area (Å²) < 4.78 is 5.32. The van der Waals surface area contributed by atoms with Crippen molar-refractivity contribution < 1.29 is 23.9 Å². The molecule has 5 N–H and O–H groups in total. The first kappa shape index (κ1) is 35.6. The Morgan fingerprint density at radius 2 is 1.23 bits per heavy atom. The van der Waals surface area contributed by atoms with Crippen LogP contribution in [0.3, 0.4) is 0 Å². The zero-order chi connectivity index (χ0) is 32.0. The number of ether oxygens (including phenoxy) is 1. The van der Waals surface area contributed by atoms with E-state index in [4.69, 9.17) is 10.5 Å². The number of nitrogens with two attached hydrogens (primary N) is 1. The van der Waals surface area contributed by atoms with Gasteiger partial charge in [-0.1, -0.05) is 95.3 Å². The van der Waals surface area contributed by atoms with Crippen LogP contribution in [0.15, 0.2) is 60.7 Å². The fourth-order valence-electron chi connectivity index (χ4n) is 4.60. The third-order valence-electron chi connectivity index (χ3n) is 7.15. The molecule has 4 atom stereocenters. The quantitative estimate of drug-likeness (QED) is 0.233. The van der Waals surface area contributed by atoms with Gasteiger partial charge >= 0.3 is 0 Å². The molecule has 43 heavy (non-hydrogen) atoms. The minimum atomic E-state index is -0.940. The zero-order valence-electron chi connectivity index (χ0n) is 26.5. The number of ketones is 1. The molecule has 3 amide bonds. The fraction of sp³-hybridized carbons (Fsp3) is 0.529. The second-order valence-corrected chi connectivity index (χ2v) is 12.1. The third-order valence-corrected chi connectivity index (χ3v) is 7.15. The molecule has 9 nitrogen and oxygen atoms in total. The second-order valence-electron chi connectivity index (χ2n) is 12.1. The predicted octanol–water partition coefficient (Wildman–Crippen LogP) is 3.34. The molecule has 0 aliphatic carbocycles. The van der Waals surface area contributed by atoms with Gasteiger partial charge in [-0.25, -0.2) is 0 Å². The second kappa shape index (κ2) is 17.5. The molecule has 2 aromatic carbocycles. The number of benzene rings is 2. The predicted molar refractivity (Wildman–Crippen MR) is 169 cm³/mol. The fourth-order valence-corrected chi connectivity index (χ4v) is 4.60. The van der Waals surface area contributed by atoms with Gasteiger partial charge in [0.1, 0.15) is 17.7 Å². The number of hydrogen-bond acceptors (Lipinski definition) is 6. The molecular weight excluding hydrogens is 544 g/mol. The van der Waals surface area contributed by atoms with E-state index in [9.17, 15) is 19.2 Å². The Morgan fingerprint density at radius 1 is 0.767 bits per heavy atom. The van der Waals surface area contributed by atoms with Crippen molar-refractivity contribution in [2.75, 3.05) is 13.2 Å². The van der Waals surface area contributed by atoms with Gasteiger partial charge in [-0.2, -0.15) is 0 Å². The van der Waals surface area contributed by atoms with Gasteiger partial charge in [0, 0.05) is 6.42 Å². The largest absolute Gasteiger partial charge is 0.361 e. The van der Waals surface area contributed by atoms with Gasteiger partial charge in [-0.15, -0.1) is 0 Å². The van der Waals surface area contributed by atoms with Crippen LogP contribution in [-0.4, -0.2) is 60.4 Å². The minimum absolute atomic E-state index is 0.123. The highest BCUT2D eigenvalue weighted by Gasteiger charge is 2.50. The maximum Gasteiger partial charge on any atom is 0.243 e. The summed E-state index contributed by atoms with van der Waals surface area (Å²) in [5, 5.41) is 8.31. The van der Waals surface area contributed by atoms with Crippen LogP contribution in [0.1, 0.15) is 65.5 Å². The summed E-state index contributed by atoms with van der Waals surface area (Å²) in [5.74, 6) is -1.26. The SMILES string of the molecule is CC(C)CC(NC(=O)CN)C(=O)N[C@@H](Cc1ccccc1)C(=O)NC(CC(C)C)C(=O)C1(C)CO1.CCc1ccccc1.